The van der Waals surface area contributed by atoms with E-state index in [4.69, 9.17) is 14.2 Å². The summed E-state index contributed by atoms with van der Waals surface area (Å²) in [5.74, 6) is -1.41. The first-order valence-corrected chi connectivity index (χ1v) is 11.1. The van der Waals surface area contributed by atoms with Gasteiger partial charge in [0.1, 0.15) is 6.04 Å². The van der Waals surface area contributed by atoms with Crippen molar-refractivity contribution in [2.24, 2.45) is 0 Å². The average Bonchev–Trinajstić information content (AvgIpc) is 3.11. The fraction of sp³-hybridized carbons (Fsp3) is 0.227. The van der Waals surface area contributed by atoms with E-state index in [1.807, 2.05) is 0 Å². The van der Waals surface area contributed by atoms with Gasteiger partial charge in [0.15, 0.2) is 11.5 Å². The van der Waals surface area contributed by atoms with E-state index < -0.39 is 44.4 Å². The topological polar surface area (TPSA) is 168 Å². The third-order valence-electron chi connectivity index (χ3n) is 4.89. The Hall–Kier alpha value is -4.46. The van der Waals surface area contributed by atoms with Crippen molar-refractivity contribution in [2.45, 2.75) is 19.9 Å². The number of hydrogen-bond donors (Lipinski definition) is 0. The zero-order valence-corrected chi connectivity index (χ0v) is 20.0. The number of non-ortho nitro benzene ring substituents is 1. The smallest absolute Gasteiger partial charge is 0.329 e. The van der Waals surface area contributed by atoms with Crippen molar-refractivity contribution in [2.75, 3.05) is 13.7 Å². The van der Waals surface area contributed by atoms with Gasteiger partial charge in [-0.3, -0.25) is 34.7 Å². The SMILES string of the molecule is CCOC(=O)[C@@H](C)N1C(=O)S/C(=C/c2ccc(Oc3ccc([N+](=O)[O-])cc3[N+](=O)[O-])c(OC)c2)C1=O. The fourth-order valence-electron chi connectivity index (χ4n) is 3.16. The number of nitrogens with zero attached hydrogens (tertiary/aromatic N) is 3. The molecular weight excluding hydrogens is 498 g/mol. The number of carbonyl (C=O) groups excluding carboxylic acids is 3. The summed E-state index contributed by atoms with van der Waals surface area (Å²) in [7, 11) is 1.32. The minimum absolute atomic E-state index is 0.0654. The molecule has 1 aliphatic heterocycles. The van der Waals surface area contributed by atoms with Crippen LogP contribution in [0.25, 0.3) is 6.08 Å². The van der Waals surface area contributed by atoms with Gasteiger partial charge in [-0.15, -0.1) is 0 Å². The number of carbonyl (C=O) groups is 3. The standard InChI is InChI=1S/C22H19N3O10S/c1-4-34-21(27)12(2)23-20(26)19(36-22(23)28)10-13-5-7-17(18(9-13)33-3)35-16-8-6-14(24(29)30)11-15(16)25(31)32/h5-12H,4H2,1-3H3/b19-10+/t12-/m1/s1. The van der Waals surface area contributed by atoms with Crippen molar-refractivity contribution < 1.29 is 38.4 Å². The molecule has 0 radical (unpaired) electrons. The Morgan fingerprint density at radius 3 is 2.39 bits per heavy atom. The third kappa shape index (κ3) is 5.43. The highest BCUT2D eigenvalue weighted by molar-refractivity contribution is 8.18. The molecule has 1 saturated heterocycles. The van der Waals surface area contributed by atoms with Gasteiger partial charge in [0, 0.05) is 6.07 Å². The Balaban J connectivity index is 1.88. The predicted octanol–water partition coefficient (Wildman–Crippen LogP) is 4.29. The van der Waals surface area contributed by atoms with Crippen LogP contribution in [0.1, 0.15) is 19.4 Å². The Kier molecular flexibility index (Phi) is 7.89. The minimum Gasteiger partial charge on any atom is -0.493 e. The second-order valence-electron chi connectivity index (χ2n) is 7.16. The fourth-order valence-corrected chi connectivity index (χ4v) is 4.07. The van der Waals surface area contributed by atoms with E-state index in [2.05, 4.69) is 0 Å². The molecule has 0 aromatic heterocycles. The second kappa shape index (κ2) is 10.9. The lowest BCUT2D eigenvalue weighted by Gasteiger charge is -2.19. The van der Waals surface area contributed by atoms with Crippen LogP contribution < -0.4 is 9.47 Å². The molecule has 0 spiro atoms. The number of methoxy groups -OCH3 is 1. The number of esters is 1. The van der Waals surface area contributed by atoms with Gasteiger partial charge in [-0.2, -0.15) is 0 Å². The number of nitro benzene ring substituents is 2. The predicted molar refractivity (Wildman–Crippen MR) is 127 cm³/mol. The largest absolute Gasteiger partial charge is 0.493 e. The Labute approximate surface area is 207 Å². The Morgan fingerprint density at radius 1 is 1.08 bits per heavy atom. The molecule has 36 heavy (non-hydrogen) atoms. The van der Waals surface area contributed by atoms with Crippen molar-refractivity contribution in [3.05, 3.63) is 67.1 Å². The summed E-state index contributed by atoms with van der Waals surface area (Å²) < 4.78 is 15.8. The number of amides is 2. The van der Waals surface area contributed by atoms with Crippen LogP contribution in [0.2, 0.25) is 0 Å². The Morgan fingerprint density at radius 2 is 1.78 bits per heavy atom. The molecule has 0 unspecified atom stereocenters. The third-order valence-corrected chi connectivity index (χ3v) is 5.78. The lowest BCUT2D eigenvalue weighted by Crippen LogP contribution is -2.42. The molecule has 2 aromatic rings. The molecule has 1 aliphatic rings. The van der Waals surface area contributed by atoms with Crippen LogP contribution in [0.4, 0.5) is 16.2 Å². The van der Waals surface area contributed by atoms with E-state index in [9.17, 15) is 34.6 Å². The van der Waals surface area contributed by atoms with Crippen molar-refractivity contribution in [3.63, 3.8) is 0 Å². The van der Waals surface area contributed by atoms with Crippen molar-refractivity contribution in [1.82, 2.24) is 4.90 Å². The molecule has 3 rings (SSSR count). The lowest BCUT2D eigenvalue weighted by atomic mass is 10.1. The average molecular weight is 517 g/mol. The maximum Gasteiger partial charge on any atom is 0.329 e. The van der Waals surface area contributed by atoms with Gasteiger partial charge in [0.25, 0.3) is 16.8 Å². The van der Waals surface area contributed by atoms with Crippen molar-refractivity contribution >= 4 is 46.3 Å². The van der Waals surface area contributed by atoms with Crippen LogP contribution in [0.3, 0.4) is 0 Å². The maximum absolute atomic E-state index is 12.8. The van der Waals surface area contributed by atoms with E-state index in [-0.39, 0.29) is 28.8 Å². The molecule has 1 fully saturated rings. The molecule has 2 aromatic carbocycles. The summed E-state index contributed by atoms with van der Waals surface area (Å²) in [6.07, 6.45) is 1.42. The lowest BCUT2D eigenvalue weighted by molar-refractivity contribution is -0.394. The summed E-state index contributed by atoms with van der Waals surface area (Å²) in [5, 5.41) is 21.7. The molecule has 13 nitrogen and oxygen atoms in total. The highest BCUT2D eigenvalue weighted by Crippen LogP contribution is 2.39. The number of nitro groups is 2. The Bertz CT molecular complexity index is 1290. The number of thioether (sulfide) groups is 1. The first kappa shape index (κ1) is 26.2. The van der Waals surface area contributed by atoms with Crippen LogP contribution in [0, 0.1) is 20.2 Å². The van der Waals surface area contributed by atoms with Crippen LogP contribution in [0.5, 0.6) is 17.2 Å². The van der Waals surface area contributed by atoms with Crippen molar-refractivity contribution in [1.29, 1.82) is 0 Å². The first-order valence-electron chi connectivity index (χ1n) is 10.3. The second-order valence-corrected chi connectivity index (χ2v) is 8.15. The van der Waals surface area contributed by atoms with Gasteiger partial charge in [0.2, 0.25) is 5.75 Å². The number of imide groups is 1. The summed E-state index contributed by atoms with van der Waals surface area (Å²) in [4.78, 5) is 58.7. The summed E-state index contributed by atoms with van der Waals surface area (Å²) in [5.41, 5.74) is -0.644. The monoisotopic (exact) mass is 517 g/mol. The molecule has 188 valence electrons. The number of ether oxygens (including phenoxy) is 3. The highest BCUT2D eigenvalue weighted by atomic mass is 32.2. The highest BCUT2D eigenvalue weighted by Gasteiger charge is 2.41. The molecule has 1 heterocycles. The number of benzene rings is 2. The maximum atomic E-state index is 12.8. The van der Waals surface area contributed by atoms with E-state index in [1.165, 1.54) is 38.3 Å². The van der Waals surface area contributed by atoms with E-state index >= 15 is 0 Å². The normalized spacial score (nSPS) is 15.1. The molecule has 14 heteroatoms. The summed E-state index contributed by atoms with van der Waals surface area (Å²) in [6, 6.07) is 6.25. The van der Waals surface area contributed by atoms with Gasteiger partial charge >= 0.3 is 11.7 Å². The van der Waals surface area contributed by atoms with E-state index in [0.29, 0.717) is 17.3 Å². The molecular formula is C22H19N3O10S. The first-order chi connectivity index (χ1) is 17.1. The molecule has 0 saturated carbocycles. The van der Waals surface area contributed by atoms with Gasteiger partial charge in [-0.1, -0.05) is 6.07 Å². The minimum atomic E-state index is -1.09. The number of hydrogen-bond acceptors (Lipinski definition) is 11. The zero-order valence-electron chi connectivity index (χ0n) is 19.2. The zero-order chi connectivity index (χ0) is 26.6. The van der Waals surface area contributed by atoms with Gasteiger partial charge in [-0.25, -0.2) is 4.79 Å². The van der Waals surface area contributed by atoms with Crippen LogP contribution in [0.15, 0.2) is 41.3 Å². The van der Waals surface area contributed by atoms with Gasteiger partial charge in [0.05, 0.1) is 34.5 Å². The number of rotatable bonds is 9. The van der Waals surface area contributed by atoms with E-state index in [1.54, 1.807) is 6.92 Å². The van der Waals surface area contributed by atoms with Gasteiger partial charge in [-0.05, 0) is 55.4 Å². The van der Waals surface area contributed by atoms with Crippen molar-refractivity contribution in [3.8, 4) is 17.2 Å². The van der Waals surface area contributed by atoms with Crippen LogP contribution in [-0.4, -0.2) is 51.6 Å². The molecule has 0 aliphatic carbocycles. The summed E-state index contributed by atoms with van der Waals surface area (Å²) >= 11 is 0.658. The van der Waals surface area contributed by atoms with Crippen LogP contribution >= 0.6 is 11.8 Å². The quantitative estimate of drug-likeness (QED) is 0.201. The summed E-state index contributed by atoms with van der Waals surface area (Å²) in [6.45, 7) is 3.11. The van der Waals surface area contributed by atoms with Gasteiger partial charge < -0.3 is 14.2 Å². The molecule has 0 bridgehead atoms. The molecule has 0 N–H and O–H groups in total. The molecule has 1 atom stereocenters. The molecule has 2 amide bonds. The van der Waals surface area contributed by atoms with E-state index in [0.717, 1.165) is 23.1 Å². The van der Waals surface area contributed by atoms with Crippen LogP contribution in [-0.2, 0) is 14.3 Å².